The highest BCUT2D eigenvalue weighted by Gasteiger charge is 2.22. The number of hydrazine groups is 2. The number of aromatic amines is 1. The van der Waals surface area contributed by atoms with Gasteiger partial charge >= 0.3 is 0 Å². The number of nitrogen functional groups attached to an aromatic ring is 2. The first-order valence-corrected chi connectivity index (χ1v) is 8.18. The van der Waals surface area contributed by atoms with Gasteiger partial charge in [0.15, 0.2) is 5.82 Å². The number of nitrogens with zero attached hydrogens (tertiary/aromatic N) is 3. The van der Waals surface area contributed by atoms with Gasteiger partial charge in [0.05, 0.1) is 11.4 Å². The molecule has 0 radical (unpaired) electrons. The average Bonchev–Trinajstić information content (AvgIpc) is 3.12. The van der Waals surface area contributed by atoms with E-state index in [2.05, 4.69) is 31.9 Å². The van der Waals surface area contributed by atoms with Crippen LogP contribution < -0.4 is 22.5 Å². The summed E-state index contributed by atoms with van der Waals surface area (Å²) in [5, 5.41) is 10.7. The van der Waals surface area contributed by atoms with E-state index >= 15 is 0 Å². The van der Waals surface area contributed by atoms with E-state index < -0.39 is 0 Å². The Bertz CT molecular complexity index is 1160. The van der Waals surface area contributed by atoms with Gasteiger partial charge in [0.2, 0.25) is 5.95 Å². The maximum absolute atomic E-state index is 9.74. The van der Waals surface area contributed by atoms with Gasteiger partial charge in [-0.05, 0) is 11.6 Å². The summed E-state index contributed by atoms with van der Waals surface area (Å²) in [6.07, 6.45) is 0. The van der Waals surface area contributed by atoms with Gasteiger partial charge in [-0.15, -0.1) is 0 Å². The van der Waals surface area contributed by atoms with Crippen LogP contribution in [0.5, 0.6) is 0 Å². The zero-order valence-corrected chi connectivity index (χ0v) is 14.2. The van der Waals surface area contributed by atoms with E-state index in [-0.39, 0.29) is 17.3 Å². The molecule has 0 bridgehead atoms. The normalized spacial score (nSPS) is 10.6. The molecular weight excluding hydrogens is 340 g/mol. The van der Waals surface area contributed by atoms with Gasteiger partial charge in [0.25, 0.3) is 0 Å². The first kappa shape index (κ1) is 16.5. The zero-order valence-electron chi connectivity index (χ0n) is 14.2. The third-order valence-electron chi connectivity index (χ3n) is 4.29. The Morgan fingerprint density at radius 3 is 2.37 bits per heavy atom. The number of benzene rings is 2. The number of rotatable bonds is 4. The molecule has 0 aliphatic carbocycles. The Morgan fingerprint density at radius 2 is 1.67 bits per heavy atom. The number of H-pyrrole nitrogens is 1. The number of anilines is 2. The van der Waals surface area contributed by atoms with E-state index in [4.69, 9.17) is 11.7 Å². The Hall–Kier alpha value is -3.93. The highest BCUT2D eigenvalue weighted by molar-refractivity contribution is 6.04. The second kappa shape index (κ2) is 6.76. The minimum absolute atomic E-state index is 0.154. The number of hydrogen-bond donors (Lipinski definition) is 5. The van der Waals surface area contributed by atoms with Gasteiger partial charge in [-0.2, -0.15) is 10.2 Å². The quantitative estimate of drug-likeness (QED) is 0.279. The van der Waals surface area contributed by atoms with Gasteiger partial charge in [-0.3, -0.25) is 5.43 Å². The largest absolute Gasteiger partial charge is 0.354 e. The molecule has 0 aliphatic heterocycles. The van der Waals surface area contributed by atoms with Crippen LogP contribution >= 0.6 is 0 Å². The summed E-state index contributed by atoms with van der Waals surface area (Å²) < 4.78 is 0. The van der Waals surface area contributed by atoms with E-state index in [1.807, 2.05) is 54.6 Å². The highest BCUT2D eigenvalue weighted by Crippen LogP contribution is 2.40. The molecule has 4 aromatic rings. The Balaban J connectivity index is 2.12. The number of para-hydroxylation sites is 1. The molecule has 0 spiro atoms. The minimum Gasteiger partial charge on any atom is -0.354 e. The van der Waals surface area contributed by atoms with Gasteiger partial charge < -0.3 is 10.4 Å². The highest BCUT2D eigenvalue weighted by atomic mass is 15.3. The number of nitrogens with two attached hydrogens (primary N) is 2. The summed E-state index contributed by atoms with van der Waals surface area (Å²) in [7, 11) is 0. The third kappa shape index (κ3) is 2.73. The lowest BCUT2D eigenvalue weighted by molar-refractivity contribution is 1.10. The molecule has 7 N–H and O–H groups in total. The van der Waals surface area contributed by atoms with Crippen molar-refractivity contribution >= 4 is 22.7 Å². The van der Waals surface area contributed by atoms with Crippen LogP contribution in [-0.2, 0) is 0 Å². The zero-order chi connectivity index (χ0) is 18.8. The van der Waals surface area contributed by atoms with Crippen LogP contribution in [0.1, 0.15) is 5.56 Å². The number of hydrogen-bond acceptors (Lipinski definition) is 7. The number of aromatic nitrogens is 3. The fourth-order valence-corrected chi connectivity index (χ4v) is 3.13. The van der Waals surface area contributed by atoms with Crippen molar-refractivity contribution in [1.82, 2.24) is 15.0 Å². The van der Waals surface area contributed by atoms with Crippen molar-refractivity contribution in [3.05, 3.63) is 60.2 Å². The number of fused-ring (bicyclic) bond motifs is 1. The first-order chi connectivity index (χ1) is 13.3. The lowest BCUT2D eigenvalue weighted by Gasteiger charge is -2.11. The fourth-order valence-electron chi connectivity index (χ4n) is 3.13. The lowest BCUT2D eigenvalue weighted by Crippen LogP contribution is -2.16. The SMILES string of the molecule is N#Cc1c(NN)nc(NN)nc1-c1c(-c2ccccc2)[nH]c2ccccc12. The first-order valence-electron chi connectivity index (χ1n) is 8.18. The predicted molar refractivity (Wildman–Crippen MR) is 105 cm³/mol. The summed E-state index contributed by atoms with van der Waals surface area (Å²) in [6.45, 7) is 0. The smallest absolute Gasteiger partial charge is 0.239 e. The summed E-state index contributed by atoms with van der Waals surface area (Å²) in [6, 6.07) is 19.8. The summed E-state index contributed by atoms with van der Waals surface area (Å²) in [5.74, 6) is 11.4. The Kier molecular flexibility index (Phi) is 4.14. The molecule has 0 saturated heterocycles. The second-order valence-corrected chi connectivity index (χ2v) is 5.81. The fraction of sp³-hybridized carbons (Fsp3) is 0. The molecule has 2 aromatic carbocycles. The van der Waals surface area contributed by atoms with E-state index in [9.17, 15) is 5.26 Å². The molecule has 8 heteroatoms. The Labute approximate surface area is 154 Å². The standard InChI is InChI=1S/C19H16N8/c20-10-13-17(24-19(27-22)25-18(13)26-21)15-12-8-4-5-9-14(12)23-16(15)11-6-2-1-3-7-11/h1-9,23H,21-22H2,(H2,24,25,26,27). The molecule has 132 valence electrons. The molecule has 0 amide bonds. The molecule has 4 rings (SSSR count). The molecule has 0 aliphatic rings. The van der Waals surface area contributed by atoms with Crippen molar-refractivity contribution in [2.45, 2.75) is 0 Å². The molecule has 27 heavy (non-hydrogen) atoms. The third-order valence-corrected chi connectivity index (χ3v) is 4.29. The van der Waals surface area contributed by atoms with E-state index in [0.717, 1.165) is 27.7 Å². The molecular formula is C19H16N8. The summed E-state index contributed by atoms with van der Waals surface area (Å²) in [5.41, 5.74) is 9.07. The molecule has 0 fully saturated rings. The monoisotopic (exact) mass is 356 g/mol. The van der Waals surface area contributed by atoms with E-state index in [1.54, 1.807) is 0 Å². The van der Waals surface area contributed by atoms with Crippen LogP contribution in [0, 0.1) is 11.3 Å². The van der Waals surface area contributed by atoms with Crippen LogP contribution in [-0.4, -0.2) is 15.0 Å². The molecule has 2 aromatic heterocycles. The van der Waals surface area contributed by atoms with Gasteiger partial charge in [0, 0.05) is 16.5 Å². The number of nitriles is 1. The van der Waals surface area contributed by atoms with Gasteiger partial charge in [-0.1, -0.05) is 48.5 Å². The average molecular weight is 356 g/mol. The minimum atomic E-state index is 0.154. The van der Waals surface area contributed by atoms with Crippen LogP contribution in [0.3, 0.4) is 0 Å². The van der Waals surface area contributed by atoms with Crippen LogP contribution in [0.15, 0.2) is 54.6 Å². The molecule has 8 nitrogen and oxygen atoms in total. The van der Waals surface area contributed by atoms with Crippen molar-refractivity contribution < 1.29 is 0 Å². The predicted octanol–water partition coefficient (Wildman–Crippen LogP) is 2.73. The molecule has 2 heterocycles. The summed E-state index contributed by atoms with van der Waals surface area (Å²) in [4.78, 5) is 12.0. The maximum Gasteiger partial charge on any atom is 0.239 e. The maximum atomic E-state index is 9.74. The van der Waals surface area contributed by atoms with Crippen LogP contribution in [0.25, 0.3) is 33.4 Å². The number of nitrogens with one attached hydrogen (secondary N) is 3. The lowest BCUT2D eigenvalue weighted by atomic mass is 9.99. The Morgan fingerprint density at radius 1 is 0.926 bits per heavy atom. The van der Waals surface area contributed by atoms with E-state index in [0.29, 0.717) is 5.69 Å². The molecule has 0 unspecified atom stereocenters. The van der Waals surface area contributed by atoms with Crippen molar-refractivity contribution in [3.63, 3.8) is 0 Å². The topological polar surface area (TPSA) is 141 Å². The van der Waals surface area contributed by atoms with E-state index in [1.165, 1.54) is 0 Å². The summed E-state index contributed by atoms with van der Waals surface area (Å²) >= 11 is 0. The van der Waals surface area contributed by atoms with Gasteiger partial charge in [0.1, 0.15) is 11.6 Å². The van der Waals surface area contributed by atoms with Crippen LogP contribution in [0.2, 0.25) is 0 Å². The van der Waals surface area contributed by atoms with Gasteiger partial charge in [-0.25, -0.2) is 16.7 Å². The van der Waals surface area contributed by atoms with Crippen molar-refractivity contribution in [2.75, 3.05) is 10.9 Å². The molecule has 0 atom stereocenters. The van der Waals surface area contributed by atoms with Crippen molar-refractivity contribution in [2.24, 2.45) is 11.7 Å². The second-order valence-electron chi connectivity index (χ2n) is 5.81. The molecule has 0 saturated carbocycles. The van der Waals surface area contributed by atoms with Crippen molar-refractivity contribution in [1.29, 1.82) is 5.26 Å². The van der Waals surface area contributed by atoms with Crippen molar-refractivity contribution in [3.8, 4) is 28.6 Å². The van der Waals surface area contributed by atoms with Crippen LogP contribution in [0.4, 0.5) is 11.8 Å².